The topological polar surface area (TPSA) is 38.9 Å². The van der Waals surface area contributed by atoms with Crippen LogP contribution < -0.4 is 0 Å². The van der Waals surface area contributed by atoms with Crippen LogP contribution in [-0.4, -0.2) is 9.97 Å². The van der Waals surface area contributed by atoms with Crippen LogP contribution in [0.1, 0.15) is 0 Å². The predicted octanol–water partition coefficient (Wildman–Crippen LogP) is 2.38. The molecular formula is C10H6N2O. The van der Waals surface area contributed by atoms with Crippen LogP contribution >= 0.6 is 0 Å². The van der Waals surface area contributed by atoms with E-state index in [9.17, 15) is 0 Å². The molecule has 0 saturated heterocycles. The van der Waals surface area contributed by atoms with Crippen molar-refractivity contribution in [2.24, 2.45) is 0 Å². The number of nitrogens with zero attached hydrogens (tertiary/aromatic N) is 2. The molecule has 0 atom stereocenters. The Morgan fingerprint density at radius 3 is 3.08 bits per heavy atom. The first-order valence-corrected chi connectivity index (χ1v) is 4.02. The van der Waals surface area contributed by atoms with Crippen molar-refractivity contribution in [1.82, 2.24) is 9.97 Å². The number of oxazole rings is 1. The molecule has 13 heavy (non-hydrogen) atoms. The number of pyridine rings is 1. The van der Waals surface area contributed by atoms with E-state index < -0.39 is 0 Å². The van der Waals surface area contributed by atoms with E-state index in [1.165, 1.54) is 6.39 Å². The second kappa shape index (κ2) is 2.29. The Balaban J connectivity index is 2.65. The second-order valence-electron chi connectivity index (χ2n) is 2.83. The van der Waals surface area contributed by atoms with Crippen molar-refractivity contribution in [2.45, 2.75) is 0 Å². The van der Waals surface area contributed by atoms with Gasteiger partial charge in [0.25, 0.3) is 0 Å². The van der Waals surface area contributed by atoms with Crippen molar-refractivity contribution in [3.63, 3.8) is 0 Å². The van der Waals surface area contributed by atoms with Gasteiger partial charge in [-0.3, -0.25) is 4.98 Å². The summed E-state index contributed by atoms with van der Waals surface area (Å²) in [5.41, 5.74) is 2.63. The van der Waals surface area contributed by atoms with Crippen molar-refractivity contribution >= 4 is 22.0 Å². The molecule has 2 aromatic heterocycles. The van der Waals surface area contributed by atoms with Gasteiger partial charge in [0.1, 0.15) is 5.52 Å². The molecule has 0 aliphatic carbocycles. The minimum absolute atomic E-state index is 0.806. The Hall–Kier alpha value is -1.90. The Bertz CT molecular complexity index is 571. The molecule has 3 heteroatoms. The average molecular weight is 170 g/mol. The standard InChI is InChI=1S/C10H6N2O/c1-2-7-8(11-5-1)3-4-9-10(7)12-6-13-9/h1-6H. The summed E-state index contributed by atoms with van der Waals surface area (Å²) in [6.45, 7) is 0. The van der Waals surface area contributed by atoms with Crippen LogP contribution in [0.5, 0.6) is 0 Å². The fourth-order valence-electron chi connectivity index (χ4n) is 1.48. The molecule has 0 aliphatic rings. The molecule has 0 saturated carbocycles. The van der Waals surface area contributed by atoms with Gasteiger partial charge in [-0.05, 0) is 24.3 Å². The van der Waals surface area contributed by atoms with Gasteiger partial charge in [-0.2, -0.15) is 0 Å². The number of aromatic nitrogens is 2. The molecule has 0 spiro atoms. The summed E-state index contributed by atoms with van der Waals surface area (Å²) in [7, 11) is 0. The van der Waals surface area contributed by atoms with Crippen molar-refractivity contribution in [3.8, 4) is 0 Å². The first-order valence-electron chi connectivity index (χ1n) is 4.02. The number of benzene rings is 1. The first-order chi connectivity index (χ1) is 6.45. The summed E-state index contributed by atoms with van der Waals surface area (Å²) in [5.74, 6) is 0. The van der Waals surface area contributed by atoms with E-state index >= 15 is 0 Å². The van der Waals surface area contributed by atoms with Crippen LogP contribution in [0.3, 0.4) is 0 Å². The molecule has 0 fully saturated rings. The van der Waals surface area contributed by atoms with Crippen LogP contribution in [0.4, 0.5) is 0 Å². The molecule has 0 aliphatic heterocycles. The lowest BCUT2D eigenvalue weighted by atomic mass is 10.2. The minimum Gasteiger partial charge on any atom is -0.443 e. The molecule has 0 amide bonds. The number of fused-ring (bicyclic) bond motifs is 3. The van der Waals surface area contributed by atoms with Gasteiger partial charge in [0.15, 0.2) is 12.0 Å². The maximum atomic E-state index is 5.19. The highest BCUT2D eigenvalue weighted by atomic mass is 16.3. The van der Waals surface area contributed by atoms with Crippen molar-refractivity contribution in [1.29, 1.82) is 0 Å². The molecule has 3 aromatic rings. The summed E-state index contributed by atoms with van der Waals surface area (Å²) in [6, 6.07) is 7.71. The Morgan fingerprint density at radius 1 is 1.08 bits per heavy atom. The zero-order valence-corrected chi connectivity index (χ0v) is 6.77. The summed E-state index contributed by atoms with van der Waals surface area (Å²) >= 11 is 0. The Kier molecular flexibility index (Phi) is 1.16. The Labute approximate surface area is 74.0 Å². The largest absolute Gasteiger partial charge is 0.443 e. The number of hydrogen-bond donors (Lipinski definition) is 0. The van der Waals surface area contributed by atoms with E-state index in [-0.39, 0.29) is 0 Å². The zero-order valence-electron chi connectivity index (χ0n) is 6.77. The Morgan fingerprint density at radius 2 is 2.08 bits per heavy atom. The summed E-state index contributed by atoms with van der Waals surface area (Å²) < 4.78 is 5.19. The fraction of sp³-hybridized carbons (Fsp3) is 0. The van der Waals surface area contributed by atoms with E-state index in [2.05, 4.69) is 9.97 Å². The summed E-state index contributed by atoms with van der Waals surface area (Å²) in [5, 5.41) is 1.04. The van der Waals surface area contributed by atoms with Crippen LogP contribution in [0.25, 0.3) is 22.0 Å². The fourth-order valence-corrected chi connectivity index (χ4v) is 1.48. The summed E-state index contributed by atoms with van der Waals surface area (Å²) in [6.07, 6.45) is 3.23. The highest BCUT2D eigenvalue weighted by molar-refractivity contribution is 6.01. The molecule has 3 nitrogen and oxygen atoms in total. The van der Waals surface area contributed by atoms with Gasteiger partial charge in [-0.15, -0.1) is 0 Å². The molecule has 0 bridgehead atoms. The lowest BCUT2D eigenvalue weighted by Crippen LogP contribution is -1.77. The highest BCUT2D eigenvalue weighted by Crippen LogP contribution is 2.21. The molecule has 62 valence electrons. The van der Waals surface area contributed by atoms with E-state index in [1.54, 1.807) is 6.20 Å². The van der Waals surface area contributed by atoms with Crippen LogP contribution in [0, 0.1) is 0 Å². The first kappa shape index (κ1) is 6.60. The van der Waals surface area contributed by atoms with E-state index in [4.69, 9.17) is 4.42 Å². The summed E-state index contributed by atoms with van der Waals surface area (Å²) in [4.78, 5) is 8.37. The quantitative estimate of drug-likeness (QED) is 0.520. The smallest absolute Gasteiger partial charge is 0.182 e. The molecule has 3 rings (SSSR count). The van der Waals surface area contributed by atoms with Crippen LogP contribution in [0.2, 0.25) is 0 Å². The van der Waals surface area contributed by atoms with Crippen molar-refractivity contribution in [3.05, 3.63) is 36.9 Å². The number of rotatable bonds is 0. The van der Waals surface area contributed by atoms with Gasteiger partial charge in [-0.25, -0.2) is 4.98 Å². The van der Waals surface area contributed by atoms with Crippen molar-refractivity contribution in [2.75, 3.05) is 0 Å². The minimum atomic E-state index is 0.806. The van der Waals surface area contributed by atoms with E-state index in [1.807, 2.05) is 24.3 Å². The molecule has 0 radical (unpaired) electrons. The molecule has 0 unspecified atom stereocenters. The molecular weight excluding hydrogens is 164 g/mol. The predicted molar refractivity (Wildman–Crippen MR) is 49.3 cm³/mol. The maximum absolute atomic E-state index is 5.19. The van der Waals surface area contributed by atoms with Gasteiger partial charge >= 0.3 is 0 Å². The van der Waals surface area contributed by atoms with Crippen molar-refractivity contribution < 1.29 is 4.42 Å². The lowest BCUT2D eigenvalue weighted by molar-refractivity contribution is 0.602. The van der Waals surface area contributed by atoms with Gasteiger partial charge < -0.3 is 4.42 Å². The molecule has 2 heterocycles. The van der Waals surface area contributed by atoms with Gasteiger partial charge in [0, 0.05) is 11.6 Å². The highest BCUT2D eigenvalue weighted by Gasteiger charge is 2.02. The van der Waals surface area contributed by atoms with E-state index in [0.29, 0.717) is 0 Å². The van der Waals surface area contributed by atoms with Crippen LogP contribution in [0.15, 0.2) is 41.3 Å². The molecule has 1 aromatic carbocycles. The van der Waals surface area contributed by atoms with Gasteiger partial charge in [0.05, 0.1) is 5.52 Å². The monoisotopic (exact) mass is 170 g/mol. The van der Waals surface area contributed by atoms with Gasteiger partial charge in [0.2, 0.25) is 0 Å². The third-order valence-corrected chi connectivity index (χ3v) is 2.08. The lowest BCUT2D eigenvalue weighted by Gasteiger charge is -1.94. The van der Waals surface area contributed by atoms with Gasteiger partial charge in [-0.1, -0.05) is 0 Å². The maximum Gasteiger partial charge on any atom is 0.182 e. The zero-order chi connectivity index (χ0) is 8.67. The average Bonchev–Trinajstić information content (AvgIpc) is 2.65. The third kappa shape index (κ3) is 0.839. The molecule has 0 N–H and O–H groups in total. The number of hydrogen-bond acceptors (Lipinski definition) is 3. The normalized spacial score (nSPS) is 11.1. The third-order valence-electron chi connectivity index (χ3n) is 2.08. The van der Waals surface area contributed by atoms with Crippen LogP contribution in [-0.2, 0) is 0 Å². The van der Waals surface area contributed by atoms with E-state index in [0.717, 1.165) is 22.0 Å². The second-order valence-corrected chi connectivity index (χ2v) is 2.83. The SMILES string of the molecule is c1cnc2ccc3ocnc3c2c1.